The van der Waals surface area contributed by atoms with E-state index in [-0.39, 0.29) is 16.9 Å². The molecule has 1 N–H and O–H groups in total. The van der Waals surface area contributed by atoms with Crippen LogP contribution >= 0.6 is 11.3 Å². The summed E-state index contributed by atoms with van der Waals surface area (Å²) in [5.41, 5.74) is 3.11. The topological polar surface area (TPSA) is 64.0 Å². The third-order valence-electron chi connectivity index (χ3n) is 4.49. The second kappa shape index (κ2) is 5.26. The molecule has 0 bridgehead atoms. The van der Waals surface area contributed by atoms with Gasteiger partial charge in [-0.2, -0.15) is 0 Å². The van der Waals surface area contributed by atoms with Crippen molar-refractivity contribution in [3.8, 4) is 0 Å². The van der Waals surface area contributed by atoms with Crippen molar-refractivity contribution in [2.45, 2.75) is 39.2 Å². The van der Waals surface area contributed by atoms with Gasteiger partial charge in [0.2, 0.25) is 0 Å². The van der Waals surface area contributed by atoms with Crippen molar-refractivity contribution in [3.05, 3.63) is 57.0 Å². The number of nitrogens with zero attached hydrogens (tertiary/aromatic N) is 2. The highest BCUT2D eigenvalue weighted by molar-refractivity contribution is 7.19. The second-order valence-electron chi connectivity index (χ2n) is 7.51. The Kier molecular flexibility index (Phi) is 3.37. The Hall–Kier alpha value is -2.47. The van der Waals surface area contributed by atoms with E-state index < -0.39 is 6.04 Å². The van der Waals surface area contributed by atoms with E-state index in [1.807, 2.05) is 31.2 Å². The van der Waals surface area contributed by atoms with E-state index in [9.17, 15) is 9.59 Å². The van der Waals surface area contributed by atoms with E-state index >= 15 is 0 Å². The van der Waals surface area contributed by atoms with Crippen LogP contribution in [0.15, 0.2) is 35.4 Å². The Balaban J connectivity index is 1.91. The zero-order valence-corrected chi connectivity index (χ0v) is 15.4. The molecule has 1 unspecified atom stereocenters. The minimum atomic E-state index is -0.667. The number of rotatable bonds is 1. The summed E-state index contributed by atoms with van der Waals surface area (Å²) in [7, 11) is 0. The van der Waals surface area contributed by atoms with Crippen LogP contribution in [0.4, 0.5) is 5.69 Å². The standard InChI is InChI=1S/C19H19N3O2S/c1-10-5-6-12-11(7-10)15(17(23)21-12)22-9-20-13-8-14(19(2,3)4)25-16(13)18(22)24/h5-9,15H,1-4H3,(H,21,23). The summed E-state index contributed by atoms with van der Waals surface area (Å²) in [5.74, 6) is -0.198. The molecule has 0 saturated carbocycles. The Morgan fingerprint density at radius 1 is 1.20 bits per heavy atom. The summed E-state index contributed by atoms with van der Waals surface area (Å²) in [6.45, 7) is 8.30. The predicted octanol–water partition coefficient (Wildman–Crippen LogP) is 3.61. The van der Waals surface area contributed by atoms with E-state index in [2.05, 4.69) is 31.1 Å². The molecule has 0 spiro atoms. The van der Waals surface area contributed by atoms with Crippen LogP contribution in [0.5, 0.6) is 0 Å². The summed E-state index contributed by atoms with van der Waals surface area (Å²) in [4.78, 5) is 31.1. The fourth-order valence-electron chi connectivity index (χ4n) is 3.12. The molecule has 128 valence electrons. The van der Waals surface area contributed by atoms with Crippen molar-refractivity contribution in [2.75, 3.05) is 5.32 Å². The number of anilines is 1. The number of carbonyl (C=O) groups excluding carboxylic acids is 1. The van der Waals surface area contributed by atoms with E-state index in [0.29, 0.717) is 10.2 Å². The summed E-state index contributed by atoms with van der Waals surface area (Å²) in [6.07, 6.45) is 1.49. The third-order valence-corrected chi connectivity index (χ3v) is 6.03. The molecule has 1 atom stereocenters. The maximum atomic E-state index is 13.0. The molecule has 3 heterocycles. The minimum absolute atomic E-state index is 0.0446. The Morgan fingerprint density at radius 2 is 1.96 bits per heavy atom. The summed E-state index contributed by atoms with van der Waals surface area (Å²) in [5, 5.41) is 2.85. The molecule has 1 aliphatic heterocycles. The van der Waals surface area contributed by atoms with Gasteiger partial charge in [-0.1, -0.05) is 38.5 Å². The molecule has 1 amide bonds. The van der Waals surface area contributed by atoms with Gasteiger partial charge in [-0.15, -0.1) is 11.3 Å². The van der Waals surface area contributed by atoms with Crippen molar-refractivity contribution in [3.63, 3.8) is 0 Å². The maximum Gasteiger partial charge on any atom is 0.272 e. The van der Waals surface area contributed by atoms with Crippen LogP contribution in [-0.2, 0) is 10.2 Å². The van der Waals surface area contributed by atoms with Gasteiger partial charge in [0.25, 0.3) is 11.5 Å². The predicted molar refractivity (Wildman–Crippen MR) is 101 cm³/mol. The van der Waals surface area contributed by atoms with E-state index in [4.69, 9.17) is 0 Å². The Morgan fingerprint density at radius 3 is 2.68 bits per heavy atom. The molecule has 1 aliphatic rings. The second-order valence-corrected chi connectivity index (χ2v) is 8.57. The number of aryl methyl sites for hydroxylation is 1. The molecular formula is C19H19N3O2S. The largest absolute Gasteiger partial charge is 0.324 e. The van der Waals surface area contributed by atoms with Gasteiger partial charge < -0.3 is 5.32 Å². The average Bonchev–Trinajstić information content (AvgIpc) is 3.09. The number of thiophene rings is 1. The van der Waals surface area contributed by atoms with Gasteiger partial charge in [0, 0.05) is 16.1 Å². The average molecular weight is 353 g/mol. The first-order chi connectivity index (χ1) is 11.8. The number of amides is 1. The highest BCUT2D eigenvalue weighted by Gasteiger charge is 2.33. The van der Waals surface area contributed by atoms with Crippen molar-refractivity contribution >= 4 is 33.1 Å². The Labute approximate surface area is 149 Å². The first-order valence-corrected chi connectivity index (χ1v) is 9.00. The van der Waals surface area contributed by atoms with Crippen molar-refractivity contribution in [2.24, 2.45) is 0 Å². The van der Waals surface area contributed by atoms with Crippen LogP contribution in [0.1, 0.15) is 42.8 Å². The fourth-order valence-corrected chi connectivity index (χ4v) is 4.22. The smallest absolute Gasteiger partial charge is 0.272 e. The van der Waals surface area contributed by atoms with Gasteiger partial charge in [-0.25, -0.2) is 4.98 Å². The van der Waals surface area contributed by atoms with Crippen LogP contribution in [0.25, 0.3) is 10.2 Å². The lowest BCUT2D eigenvalue weighted by atomic mass is 9.95. The Bertz CT molecular complexity index is 1070. The van der Waals surface area contributed by atoms with E-state index in [0.717, 1.165) is 21.7 Å². The van der Waals surface area contributed by atoms with Crippen molar-refractivity contribution in [1.29, 1.82) is 0 Å². The first-order valence-electron chi connectivity index (χ1n) is 8.18. The normalized spacial score (nSPS) is 17.0. The molecule has 4 rings (SSSR count). The number of benzene rings is 1. The lowest BCUT2D eigenvalue weighted by Crippen LogP contribution is -2.29. The van der Waals surface area contributed by atoms with Crippen LogP contribution in [0.3, 0.4) is 0 Å². The number of fused-ring (bicyclic) bond motifs is 2. The minimum Gasteiger partial charge on any atom is -0.324 e. The molecule has 0 saturated heterocycles. The SMILES string of the molecule is Cc1ccc2c(c1)C(n1cnc3cc(C(C)(C)C)sc3c1=O)C(=O)N2. The first kappa shape index (κ1) is 16.0. The zero-order valence-electron chi connectivity index (χ0n) is 14.6. The number of hydrogen-bond acceptors (Lipinski definition) is 4. The lowest BCUT2D eigenvalue weighted by Gasteiger charge is -2.14. The van der Waals surface area contributed by atoms with Crippen molar-refractivity contribution < 1.29 is 4.79 Å². The van der Waals surface area contributed by atoms with E-state index in [1.165, 1.54) is 22.2 Å². The molecule has 2 aromatic heterocycles. The van der Waals surface area contributed by atoms with Gasteiger partial charge in [0.05, 0.1) is 11.8 Å². The molecule has 25 heavy (non-hydrogen) atoms. The fraction of sp³-hybridized carbons (Fsp3) is 0.316. The van der Waals surface area contributed by atoms with Crippen LogP contribution in [-0.4, -0.2) is 15.5 Å². The van der Waals surface area contributed by atoms with Gasteiger partial charge >= 0.3 is 0 Å². The lowest BCUT2D eigenvalue weighted by molar-refractivity contribution is -0.117. The number of aromatic nitrogens is 2. The molecule has 5 nitrogen and oxygen atoms in total. The molecule has 0 aliphatic carbocycles. The number of carbonyl (C=O) groups is 1. The molecule has 6 heteroatoms. The highest BCUT2D eigenvalue weighted by Crippen LogP contribution is 2.35. The van der Waals surface area contributed by atoms with Crippen LogP contribution < -0.4 is 10.9 Å². The van der Waals surface area contributed by atoms with Crippen LogP contribution in [0, 0.1) is 6.92 Å². The van der Waals surface area contributed by atoms with Gasteiger partial charge in [-0.3, -0.25) is 14.2 Å². The zero-order chi connectivity index (χ0) is 17.9. The number of nitrogens with one attached hydrogen (secondary N) is 1. The highest BCUT2D eigenvalue weighted by atomic mass is 32.1. The maximum absolute atomic E-state index is 13.0. The van der Waals surface area contributed by atoms with Gasteiger partial charge in [-0.05, 0) is 24.5 Å². The molecule has 3 aromatic rings. The third kappa shape index (κ3) is 2.48. The quantitative estimate of drug-likeness (QED) is 0.727. The molecular weight excluding hydrogens is 334 g/mol. The van der Waals surface area contributed by atoms with Gasteiger partial charge in [0.15, 0.2) is 0 Å². The van der Waals surface area contributed by atoms with Crippen LogP contribution in [0.2, 0.25) is 0 Å². The van der Waals surface area contributed by atoms with E-state index in [1.54, 1.807) is 0 Å². The summed E-state index contributed by atoms with van der Waals surface area (Å²) in [6, 6.07) is 7.07. The van der Waals surface area contributed by atoms with Crippen molar-refractivity contribution in [1.82, 2.24) is 9.55 Å². The monoisotopic (exact) mass is 353 g/mol. The number of hydrogen-bond donors (Lipinski definition) is 1. The summed E-state index contributed by atoms with van der Waals surface area (Å²) < 4.78 is 2.05. The molecule has 0 fully saturated rings. The van der Waals surface area contributed by atoms with Gasteiger partial charge in [0.1, 0.15) is 10.7 Å². The molecule has 1 aromatic carbocycles. The molecule has 0 radical (unpaired) electrons. The summed E-state index contributed by atoms with van der Waals surface area (Å²) >= 11 is 1.46.